The maximum Gasteiger partial charge on any atom is 0.221 e. The third-order valence-corrected chi connectivity index (χ3v) is 3.91. The van der Waals surface area contributed by atoms with Crippen LogP contribution in [0.5, 0.6) is 0 Å². The van der Waals surface area contributed by atoms with Crippen molar-refractivity contribution in [1.82, 2.24) is 14.8 Å². The Morgan fingerprint density at radius 3 is 2.79 bits per heavy atom. The Bertz CT molecular complexity index is 592. The van der Waals surface area contributed by atoms with Crippen molar-refractivity contribution in [3.8, 4) is 0 Å². The second kappa shape index (κ2) is 6.77. The van der Waals surface area contributed by atoms with Crippen molar-refractivity contribution >= 4 is 32.8 Å². The molecule has 4 nitrogen and oxygen atoms in total. The van der Waals surface area contributed by atoms with Gasteiger partial charge in [-0.05, 0) is 24.1 Å². The average molecular weight is 340 g/mol. The van der Waals surface area contributed by atoms with E-state index in [4.69, 9.17) is 0 Å². The number of halogens is 1. The van der Waals surface area contributed by atoms with Gasteiger partial charge < -0.3 is 4.57 Å². The summed E-state index contributed by atoms with van der Waals surface area (Å²) in [6, 6.07) is 8.12. The van der Waals surface area contributed by atoms with Crippen LogP contribution in [0.4, 0.5) is 0 Å². The van der Waals surface area contributed by atoms with Crippen LogP contribution in [0.3, 0.4) is 0 Å². The van der Waals surface area contributed by atoms with Crippen molar-refractivity contribution in [2.24, 2.45) is 0 Å². The Morgan fingerprint density at radius 2 is 2.11 bits per heavy atom. The van der Waals surface area contributed by atoms with Crippen LogP contribution in [0.25, 0.3) is 6.08 Å². The minimum absolute atomic E-state index is 0.525. The Kier molecular flexibility index (Phi) is 5.04. The molecule has 0 aliphatic carbocycles. The van der Waals surface area contributed by atoms with Crippen molar-refractivity contribution in [3.63, 3.8) is 0 Å². The molecule has 1 atom stereocenters. The Hall–Kier alpha value is -1.27. The predicted molar refractivity (Wildman–Crippen MR) is 80.1 cm³/mol. The zero-order chi connectivity index (χ0) is 13.7. The number of aromatic nitrogens is 3. The zero-order valence-corrected chi connectivity index (χ0v) is 12.9. The molecule has 19 heavy (non-hydrogen) atoms. The number of benzene rings is 1. The molecule has 0 aliphatic rings. The van der Waals surface area contributed by atoms with Gasteiger partial charge in [-0.3, -0.25) is 4.21 Å². The molecule has 0 saturated carbocycles. The molecule has 0 radical (unpaired) electrons. The van der Waals surface area contributed by atoms with E-state index in [1.165, 1.54) is 0 Å². The summed E-state index contributed by atoms with van der Waals surface area (Å²) in [7, 11) is -1.09. The molecule has 1 aromatic carbocycles. The predicted octanol–water partition coefficient (Wildman–Crippen LogP) is 2.88. The van der Waals surface area contributed by atoms with E-state index >= 15 is 0 Å². The van der Waals surface area contributed by atoms with Gasteiger partial charge in [-0.2, -0.15) is 0 Å². The second-order valence-corrected chi connectivity index (χ2v) is 6.19. The van der Waals surface area contributed by atoms with Gasteiger partial charge in [-0.25, -0.2) is 0 Å². The number of hydrogen-bond acceptors (Lipinski definition) is 3. The number of rotatable bonds is 5. The highest BCUT2D eigenvalue weighted by atomic mass is 79.9. The SMILES string of the molecule is CS(=O)c1nncn1CCC=Cc1ccc(Br)cc1. The maximum absolute atomic E-state index is 11.4. The van der Waals surface area contributed by atoms with Crippen LogP contribution in [-0.2, 0) is 17.3 Å². The number of nitrogens with zero attached hydrogens (tertiary/aromatic N) is 3. The lowest BCUT2D eigenvalue weighted by Crippen LogP contribution is -2.03. The average Bonchev–Trinajstić information content (AvgIpc) is 2.85. The lowest BCUT2D eigenvalue weighted by Gasteiger charge is -2.01. The molecule has 0 spiro atoms. The first-order valence-corrected chi connectivity index (χ1v) is 8.15. The molecular weight excluding hydrogens is 326 g/mol. The van der Waals surface area contributed by atoms with Gasteiger partial charge in [-0.1, -0.05) is 40.2 Å². The first-order valence-electron chi connectivity index (χ1n) is 5.80. The highest BCUT2D eigenvalue weighted by molar-refractivity contribution is 9.10. The van der Waals surface area contributed by atoms with Gasteiger partial charge in [-0.15, -0.1) is 10.2 Å². The van der Waals surface area contributed by atoms with Crippen molar-refractivity contribution in [1.29, 1.82) is 0 Å². The quantitative estimate of drug-likeness (QED) is 0.841. The first kappa shape index (κ1) is 14.1. The van der Waals surface area contributed by atoms with E-state index in [9.17, 15) is 4.21 Å². The summed E-state index contributed by atoms with van der Waals surface area (Å²) >= 11 is 3.40. The van der Waals surface area contributed by atoms with E-state index in [1.807, 2.05) is 28.8 Å². The second-order valence-electron chi connectivity index (χ2n) is 4.00. The van der Waals surface area contributed by atoms with Crippen LogP contribution in [0.1, 0.15) is 12.0 Å². The molecule has 0 amide bonds. The van der Waals surface area contributed by atoms with Crippen molar-refractivity contribution < 1.29 is 4.21 Å². The van der Waals surface area contributed by atoms with Crippen LogP contribution < -0.4 is 0 Å². The fraction of sp³-hybridized carbons (Fsp3) is 0.231. The van der Waals surface area contributed by atoms with E-state index in [0.29, 0.717) is 5.16 Å². The van der Waals surface area contributed by atoms with Gasteiger partial charge in [0.1, 0.15) is 6.33 Å². The first-order chi connectivity index (χ1) is 9.16. The Labute approximate surface area is 123 Å². The van der Waals surface area contributed by atoms with E-state index in [1.54, 1.807) is 12.6 Å². The molecular formula is C13H14BrN3OS. The van der Waals surface area contributed by atoms with Gasteiger partial charge >= 0.3 is 0 Å². The highest BCUT2D eigenvalue weighted by Gasteiger charge is 2.06. The summed E-state index contributed by atoms with van der Waals surface area (Å²) in [4.78, 5) is 0. The molecule has 0 saturated heterocycles. The van der Waals surface area contributed by atoms with Crippen LogP contribution in [0, 0.1) is 0 Å². The van der Waals surface area contributed by atoms with E-state index in [2.05, 4.69) is 38.3 Å². The number of hydrogen-bond donors (Lipinski definition) is 0. The molecule has 0 fully saturated rings. The monoisotopic (exact) mass is 339 g/mol. The Morgan fingerprint density at radius 1 is 1.37 bits per heavy atom. The minimum Gasteiger partial charge on any atom is -0.306 e. The van der Waals surface area contributed by atoms with E-state index in [0.717, 1.165) is 23.0 Å². The molecule has 0 bridgehead atoms. The van der Waals surface area contributed by atoms with E-state index < -0.39 is 10.8 Å². The molecule has 6 heteroatoms. The maximum atomic E-state index is 11.4. The molecule has 1 unspecified atom stereocenters. The standard InChI is InChI=1S/C13H14BrN3OS/c1-19(18)13-16-15-10-17(13)9-3-2-4-11-5-7-12(14)8-6-11/h2,4-8,10H,3,9H2,1H3. The smallest absolute Gasteiger partial charge is 0.221 e. The van der Waals surface area contributed by atoms with Crippen LogP contribution in [0.2, 0.25) is 0 Å². The third-order valence-electron chi connectivity index (χ3n) is 2.55. The lowest BCUT2D eigenvalue weighted by molar-refractivity contribution is 0.621. The van der Waals surface area contributed by atoms with Crippen LogP contribution in [0.15, 0.2) is 46.3 Å². The van der Waals surface area contributed by atoms with Crippen molar-refractivity contribution in [2.45, 2.75) is 18.1 Å². The molecule has 1 heterocycles. The summed E-state index contributed by atoms with van der Waals surface area (Å²) in [6.45, 7) is 0.731. The van der Waals surface area contributed by atoms with Crippen LogP contribution >= 0.6 is 15.9 Å². The fourth-order valence-corrected chi connectivity index (χ4v) is 2.52. The zero-order valence-electron chi connectivity index (χ0n) is 10.5. The third kappa shape index (κ3) is 4.11. The lowest BCUT2D eigenvalue weighted by atomic mass is 10.2. The van der Waals surface area contributed by atoms with E-state index in [-0.39, 0.29) is 0 Å². The molecule has 0 N–H and O–H groups in total. The summed E-state index contributed by atoms with van der Waals surface area (Å²) in [5.41, 5.74) is 1.16. The highest BCUT2D eigenvalue weighted by Crippen LogP contribution is 2.12. The number of allylic oxidation sites excluding steroid dienone is 1. The molecule has 1 aromatic heterocycles. The number of aryl methyl sites for hydroxylation is 1. The topological polar surface area (TPSA) is 47.8 Å². The van der Waals surface area contributed by atoms with Gasteiger partial charge in [0.05, 0.1) is 10.8 Å². The molecule has 100 valence electrons. The minimum atomic E-state index is -1.09. The molecule has 2 rings (SSSR count). The summed E-state index contributed by atoms with van der Waals surface area (Å²) in [5, 5.41) is 8.15. The van der Waals surface area contributed by atoms with Gasteiger partial charge in [0.2, 0.25) is 5.16 Å². The summed E-state index contributed by atoms with van der Waals surface area (Å²) in [5.74, 6) is 0. The Balaban J connectivity index is 1.91. The van der Waals surface area contributed by atoms with Gasteiger partial charge in [0, 0.05) is 17.3 Å². The van der Waals surface area contributed by atoms with Gasteiger partial charge in [0.15, 0.2) is 0 Å². The summed E-state index contributed by atoms with van der Waals surface area (Å²) in [6.07, 6.45) is 8.23. The molecule has 2 aromatic rings. The van der Waals surface area contributed by atoms with Crippen molar-refractivity contribution in [3.05, 3.63) is 46.7 Å². The fourth-order valence-electron chi connectivity index (χ4n) is 1.63. The van der Waals surface area contributed by atoms with Crippen LogP contribution in [-0.4, -0.2) is 25.2 Å². The summed E-state index contributed by atoms with van der Waals surface area (Å²) < 4.78 is 14.3. The van der Waals surface area contributed by atoms with Gasteiger partial charge in [0.25, 0.3) is 0 Å². The largest absolute Gasteiger partial charge is 0.306 e. The molecule has 0 aliphatic heterocycles. The normalized spacial score (nSPS) is 12.9. The van der Waals surface area contributed by atoms with Crippen molar-refractivity contribution in [2.75, 3.05) is 6.26 Å².